The lowest BCUT2D eigenvalue weighted by atomic mass is 10.1. The Morgan fingerprint density at radius 1 is 1.38 bits per heavy atom. The van der Waals surface area contributed by atoms with Gasteiger partial charge in [0.1, 0.15) is 5.75 Å². The first-order chi connectivity index (χ1) is 10.1. The number of hydrogen-bond donors (Lipinski definition) is 1. The molecule has 1 N–H and O–H groups in total. The molecule has 0 bridgehead atoms. The Labute approximate surface area is 127 Å². The summed E-state index contributed by atoms with van der Waals surface area (Å²) in [5.41, 5.74) is 1.70. The highest BCUT2D eigenvalue weighted by atomic mass is 35.5. The van der Waals surface area contributed by atoms with Gasteiger partial charge in [-0.2, -0.15) is 0 Å². The van der Waals surface area contributed by atoms with E-state index in [1.54, 1.807) is 30.5 Å². The van der Waals surface area contributed by atoms with E-state index in [4.69, 9.17) is 21.4 Å². The van der Waals surface area contributed by atoms with E-state index in [1.165, 1.54) is 6.08 Å². The maximum atomic E-state index is 10.4. The average Bonchev–Trinajstić information content (AvgIpc) is 2.48. The van der Waals surface area contributed by atoms with E-state index in [0.29, 0.717) is 22.2 Å². The third kappa shape index (κ3) is 4.33. The van der Waals surface area contributed by atoms with Crippen LogP contribution in [0.15, 0.2) is 42.6 Å². The fourth-order valence-corrected chi connectivity index (χ4v) is 1.98. The first-order valence-electron chi connectivity index (χ1n) is 6.42. The second kappa shape index (κ2) is 6.90. The molecule has 0 fully saturated rings. The Morgan fingerprint density at radius 2 is 2.19 bits per heavy atom. The van der Waals surface area contributed by atoms with Gasteiger partial charge in [-0.3, -0.25) is 0 Å². The van der Waals surface area contributed by atoms with Crippen LogP contribution in [0.5, 0.6) is 11.6 Å². The first kappa shape index (κ1) is 15.1. The molecule has 2 aromatic rings. The molecule has 0 saturated heterocycles. The van der Waals surface area contributed by atoms with Gasteiger partial charge in [-0.05, 0) is 47.9 Å². The van der Waals surface area contributed by atoms with Crippen molar-refractivity contribution in [2.24, 2.45) is 0 Å². The number of hydrogen-bond acceptors (Lipinski definition) is 3. The van der Waals surface area contributed by atoms with Crippen molar-refractivity contribution in [3.8, 4) is 11.6 Å². The van der Waals surface area contributed by atoms with E-state index < -0.39 is 5.97 Å². The summed E-state index contributed by atoms with van der Waals surface area (Å²) in [6, 6.07) is 8.86. The number of carbonyl (C=O) groups is 1. The number of nitrogens with zero attached hydrogens (tertiary/aromatic N) is 1. The molecule has 0 unspecified atom stereocenters. The second-order valence-corrected chi connectivity index (χ2v) is 4.72. The monoisotopic (exact) mass is 303 g/mol. The zero-order valence-corrected chi connectivity index (χ0v) is 12.2. The van der Waals surface area contributed by atoms with Crippen molar-refractivity contribution >= 4 is 23.6 Å². The Balaban J connectivity index is 2.11. The summed E-state index contributed by atoms with van der Waals surface area (Å²) in [7, 11) is 0. The molecular formula is C16H14ClNO3. The van der Waals surface area contributed by atoms with E-state index in [9.17, 15) is 4.79 Å². The average molecular weight is 304 g/mol. The predicted molar refractivity (Wildman–Crippen MR) is 81.8 cm³/mol. The van der Waals surface area contributed by atoms with Gasteiger partial charge >= 0.3 is 5.97 Å². The summed E-state index contributed by atoms with van der Waals surface area (Å²) in [5, 5.41) is 9.27. The van der Waals surface area contributed by atoms with Crippen molar-refractivity contribution in [3.63, 3.8) is 0 Å². The SMILES string of the molecule is CCc1cc(Oc2ccc(/C=C/C(=O)O)cn2)ccc1Cl. The van der Waals surface area contributed by atoms with E-state index in [0.717, 1.165) is 18.1 Å². The van der Waals surface area contributed by atoms with Crippen molar-refractivity contribution in [2.45, 2.75) is 13.3 Å². The van der Waals surface area contributed by atoms with Gasteiger partial charge in [0, 0.05) is 23.4 Å². The zero-order chi connectivity index (χ0) is 15.2. The molecule has 0 spiro atoms. The molecule has 0 radical (unpaired) electrons. The van der Waals surface area contributed by atoms with Crippen molar-refractivity contribution in [3.05, 3.63) is 58.8 Å². The van der Waals surface area contributed by atoms with E-state index in [1.807, 2.05) is 13.0 Å². The van der Waals surface area contributed by atoms with Crippen LogP contribution in [-0.4, -0.2) is 16.1 Å². The number of carboxylic acid groups (broad SMARTS) is 1. The molecular weight excluding hydrogens is 290 g/mol. The minimum atomic E-state index is -0.997. The molecule has 0 aliphatic rings. The van der Waals surface area contributed by atoms with E-state index >= 15 is 0 Å². The molecule has 21 heavy (non-hydrogen) atoms. The van der Waals surface area contributed by atoms with Gasteiger partial charge in [0.15, 0.2) is 0 Å². The standard InChI is InChI=1S/C16H14ClNO3/c1-2-12-9-13(5-6-14(12)17)21-15-7-3-11(10-18-15)4-8-16(19)20/h3-10H,2H2,1H3,(H,19,20)/b8-4+. The van der Waals surface area contributed by atoms with Crippen LogP contribution in [0.25, 0.3) is 6.08 Å². The molecule has 1 heterocycles. The number of ether oxygens (including phenoxy) is 1. The molecule has 0 saturated carbocycles. The molecule has 4 nitrogen and oxygen atoms in total. The lowest BCUT2D eigenvalue weighted by Crippen LogP contribution is -1.90. The maximum absolute atomic E-state index is 10.4. The highest BCUT2D eigenvalue weighted by molar-refractivity contribution is 6.31. The van der Waals surface area contributed by atoms with Crippen LogP contribution in [0.2, 0.25) is 5.02 Å². The number of benzene rings is 1. The normalized spacial score (nSPS) is 10.8. The van der Waals surface area contributed by atoms with Gasteiger partial charge < -0.3 is 9.84 Å². The molecule has 0 atom stereocenters. The Bertz CT molecular complexity index is 666. The largest absolute Gasteiger partial charge is 0.478 e. The molecule has 5 heteroatoms. The second-order valence-electron chi connectivity index (χ2n) is 4.31. The minimum absolute atomic E-state index is 0.437. The van der Waals surface area contributed by atoms with Crippen LogP contribution in [0.4, 0.5) is 0 Å². The van der Waals surface area contributed by atoms with Crippen molar-refractivity contribution in [1.82, 2.24) is 4.98 Å². The molecule has 0 aliphatic carbocycles. The Kier molecular flexibility index (Phi) is 4.95. The van der Waals surface area contributed by atoms with Crippen molar-refractivity contribution in [2.75, 3.05) is 0 Å². The number of carboxylic acids is 1. The van der Waals surface area contributed by atoms with Gasteiger partial charge in [0.05, 0.1) is 0 Å². The van der Waals surface area contributed by atoms with E-state index in [-0.39, 0.29) is 0 Å². The third-order valence-electron chi connectivity index (χ3n) is 2.80. The fourth-order valence-electron chi connectivity index (χ4n) is 1.72. The highest BCUT2D eigenvalue weighted by Gasteiger charge is 2.03. The van der Waals surface area contributed by atoms with Crippen LogP contribution < -0.4 is 4.74 Å². The minimum Gasteiger partial charge on any atom is -0.478 e. The number of pyridine rings is 1. The van der Waals surface area contributed by atoms with Crippen LogP contribution >= 0.6 is 11.6 Å². The summed E-state index contributed by atoms with van der Waals surface area (Å²) < 4.78 is 5.65. The summed E-state index contributed by atoms with van der Waals surface area (Å²) in [4.78, 5) is 14.6. The van der Waals surface area contributed by atoms with Gasteiger partial charge in [-0.25, -0.2) is 9.78 Å². The summed E-state index contributed by atoms with van der Waals surface area (Å²) in [6.45, 7) is 2.02. The predicted octanol–water partition coefficient (Wildman–Crippen LogP) is 4.19. The first-order valence-corrected chi connectivity index (χ1v) is 6.79. The van der Waals surface area contributed by atoms with Crippen LogP contribution in [-0.2, 0) is 11.2 Å². The topological polar surface area (TPSA) is 59.4 Å². The molecule has 0 amide bonds. The van der Waals surface area contributed by atoms with Gasteiger partial charge in [-0.1, -0.05) is 18.5 Å². The Hall–Kier alpha value is -2.33. The number of rotatable bonds is 5. The van der Waals surface area contributed by atoms with Gasteiger partial charge in [0.25, 0.3) is 0 Å². The lowest BCUT2D eigenvalue weighted by Gasteiger charge is -2.07. The number of aryl methyl sites for hydroxylation is 1. The van der Waals surface area contributed by atoms with Crippen LogP contribution in [0.3, 0.4) is 0 Å². The summed E-state index contributed by atoms with van der Waals surface area (Å²) >= 11 is 6.05. The van der Waals surface area contributed by atoms with Crippen molar-refractivity contribution in [1.29, 1.82) is 0 Å². The number of halogens is 1. The van der Waals surface area contributed by atoms with Gasteiger partial charge in [0.2, 0.25) is 5.88 Å². The Morgan fingerprint density at radius 3 is 2.81 bits per heavy atom. The molecule has 2 rings (SSSR count). The fraction of sp³-hybridized carbons (Fsp3) is 0.125. The summed E-state index contributed by atoms with van der Waals surface area (Å²) in [6.07, 6.45) is 4.90. The third-order valence-corrected chi connectivity index (χ3v) is 3.17. The lowest BCUT2D eigenvalue weighted by molar-refractivity contribution is -0.131. The highest BCUT2D eigenvalue weighted by Crippen LogP contribution is 2.25. The van der Waals surface area contributed by atoms with Crippen molar-refractivity contribution < 1.29 is 14.6 Å². The van der Waals surface area contributed by atoms with Crippen LogP contribution in [0.1, 0.15) is 18.1 Å². The zero-order valence-electron chi connectivity index (χ0n) is 11.4. The molecule has 0 aliphatic heterocycles. The number of aromatic nitrogens is 1. The summed E-state index contributed by atoms with van der Waals surface area (Å²) in [5.74, 6) is 0.105. The number of aliphatic carboxylic acids is 1. The maximum Gasteiger partial charge on any atom is 0.328 e. The molecule has 1 aromatic carbocycles. The van der Waals surface area contributed by atoms with Gasteiger partial charge in [-0.15, -0.1) is 0 Å². The molecule has 108 valence electrons. The smallest absolute Gasteiger partial charge is 0.328 e. The molecule has 1 aromatic heterocycles. The van der Waals surface area contributed by atoms with E-state index in [2.05, 4.69) is 4.98 Å². The quantitative estimate of drug-likeness (QED) is 0.841. The van der Waals surface area contributed by atoms with Crippen LogP contribution in [0, 0.1) is 0 Å².